The summed E-state index contributed by atoms with van der Waals surface area (Å²) in [5.74, 6) is -2.55. The van der Waals surface area contributed by atoms with Gasteiger partial charge in [-0.05, 0) is 42.4 Å². The van der Waals surface area contributed by atoms with Gasteiger partial charge in [-0.3, -0.25) is 9.59 Å². The third-order valence-corrected chi connectivity index (χ3v) is 6.25. The van der Waals surface area contributed by atoms with E-state index < -0.39 is 30.5 Å². The Kier molecular flexibility index (Phi) is 8.59. The normalized spacial score (nSPS) is 18.6. The zero-order valence-electron chi connectivity index (χ0n) is 17.6. The SMILES string of the molecule is CC[C@@H](C)[C@@H](NC(=O)CC(C)C(F)(F)F)C(=O)N1CCC(c2ccc(Cl)cc2)CC1. The van der Waals surface area contributed by atoms with Gasteiger partial charge in [0.25, 0.3) is 0 Å². The summed E-state index contributed by atoms with van der Waals surface area (Å²) in [5, 5.41) is 3.25. The Balaban J connectivity index is 1.98. The summed E-state index contributed by atoms with van der Waals surface area (Å²) in [6.45, 7) is 5.79. The third kappa shape index (κ3) is 6.62. The number of piperidine rings is 1. The van der Waals surface area contributed by atoms with Crippen LogP contribution in [0.1, 0.15) is 57.9 Å². The Labute approximate surface area is 181 Å². The van der Waals surface area contributed by atoms with Gasteiger partial charge in [0.1, 0.15) is 6.04 Å². The van der Waals surface area contributed by atoms with Gasteiger partial charge in [-0.25, -0.2) is 0 Å². The Morgan fingerprint density at radius 1 is 1.17 bits per heavy atom. The van der Waals surface area contributed by atoms with Crippen LogP contribution in [0.4, 0.5) is 13.2 Å². The molecule has 1 aliphatic rings. The number of nitrogens with one attached hydrogen (secondary N) is 1. The lowest BCUT2D eigenvalue weighted by Crippen LogP contribution is -2.53. The average Bonchev–Trinajstić information content (AvgIpc) is 2.71. The molecule has 0 saturated carbocycles. The first kappa shape index (κ1) is 24.5. The summed E-state index contributed by atoms with van der Waals surface area (Å²) < 4.78 is 38.3. The van der Waals surface area contributed by atoms with Crippen molar-refractivity contribution in [3.05, 3.63) is 34.9 Å². The molecule has 4 nitrogen and oxygen atoms in total. The van der Waals surface area contributed by atoms with Gasteiger partial charge in [0, 0.05) is 24.5 Å². The Hall–Kier alpha value is -1.76. The minimum absolute atomic E-state index is 0.170. The van der Waals surface area contributed by atoms with Crippen molar-refractivity contribution in [3.8, 4) is 0 Å². The second-order valence-electron chi connectivity index (χ2n) is 8.23. The van der Waals surface area contributed by atoms with Gasteiger partial charge in [0.15, 0.2) is 0 Å². The highest BCUT2D eigenvalue weighted by atomic mass is 35.5. The zero-order valence-corrected chi connectivity index (χ0v) is 18.4. The van der Waals surface area contributed by atoms with Crippen molar-refractivity contribution >= 4 is 23.4 Å². The number of nitrogens with zero attached hydrogens (tertiary/aromatic N) is 1. The number of rotatable bonds is 7. The summed E-state index contributed by atoms with van der Waals surface area (Å²) in [6, 6.07) is 6.88. The van der Waals surface area contributed by atoms with E-state index in [9.17, 15) is 22.8 Å². The molecular weight excluding hydrogens is 417 g/mol. The summed E-state index contributed by atoms with van der Waals surface area (Å²) in [7, 11) is 0. The molecule has 2 rings (SSSR count). The highest BCUT2D eigenvalue weighted by Crippen LogP contribution is 2.30. The van der Waals surface area contributed by atoms with Crippen LogP contribution in [-0.2, 0) is 9.59 Å². The number of amides is 2. The number of benzene rings is 1. The molecule has 1 heterocycles. The summed E-state index contributed by atoms with van der Waals surface area (Å²) in [6.07, 6.45) is -2.90. The van der Waals surface area contributed by atoms with Crippen molar-refractivity contribution in [2.24, 2.45) is 11.8 Å². The lowest BCUT2D eigenvalue weighted by Gasteiger charge is -2.36. The monoisotopic (exact) mass is 446 g/mol. The minimum Gasteiger partial charge on any atom is -0.344 e. The Bertz CT molecular complexity index is 716. The van der Waals surface area contributed by atoms with Crippen LogP contribution in [0.15, 0.2) is 24.3 Å². The predicted octanol–water partition coefficient (Wildman–Crippen LogP) is 5.17. The average molecular weight is 447 g/mol. The van der Waals surface area contributed by atoms with Crippen molar-refractivity contribution in [2.45, 2.75) is 64.6 Å². The summed E-state index contributed by atoms with van der Waals surface area (Å²) in [4.78, 5) is 27.0. The topological polar surface area (TPSA) is 49.4 Å². The lowest BCUT2D eigenvalue weighted by molar-refractivity contribution is -0.174. The fourth-order valence-corrected chi connectivity index (χ4v) is 3.80. The molecule has 1 fully saturated rings. The van der Waals surface area contributed by atoms with Crippen LogP contribution in [-0.4, -0.2) is 42.0 Å². The van der Waals surface area contributed by atoms with Gasteiger partial charge in [0.2, 0.25) is 11.8 Å². The maximum Gasteiger partial charge on any atom is 0.392 e. The maximum absolute atomic E-state index is 13.1. The van der Waals surface area contributed by atoms with Crippen molar-refractivity contribution in [3.63, 3.8) is 0 Å². The first-order chi connectivity index (χ1) is 14.0. The van der Waals surface area contributed by atoms with E-state index in [4.69, 9.17) is 11.6 Å². The molecule has 0 aromatic heterocycles. The molecule has 8 heteroatoms. The number of likely N-dealkylation sites (tertiary alicyclic amines) is 1. The molecule has 30 heavy (non-hydrogen) atoms. The van der Waals surface area contributed by atoms with Crippen LogP contribution >= 0.6 is 11.6 Å². The molecular formula is C22H30ClF3N2O2. The number of hydrogen-bond donors (Lipinski definition) is 1. The maximum atomic E-state index is 13.1. The van der Waals surface area contributed by atoms with E-state index in [1.807, 2.05) is 38.1 Å². The fourth-order valence-electron chi connectivity index (χ4n) is 3.67. The van der Waals surface area contributed by atoms with Gasteiger partial charge < -0.3 is 10.2 Å². The first-order valence-electron chi connectivity index (χ1n) is 10.4. The van der Waals surface area contributed by atoms with Crippen molar-refractivity contribution < 1.29 is 22.8 Å². The highest BCUT2D eigenvalue weighted by molar-refractivity contribution is 6.30. The van der Waals surface area contributed by atoms with E-state index in [1.165, 1.54) is 5.56 Å². The smallest absolute Gasteiger partial charge is 0.344 e. The Morgan fingerprint density at radius 2 is 1.73 bits per heavy atom. The van der Waals surface area contributed by atoms with E-state index in [0.29, 0.717) is 30.5 Å². The van der Waals surface area contributed by atoms with Crippen molar-refractivity contribution in [1.29, 1.82) is 0 Å². The molecule has 1 N–H and O–H groups in total. The molecule has 168 valence electrons. The largest absolute Gasteiger partial charge is 0.392 e. The van der Waals surface area contributed by atoms with Crippen molar-refractivity contribution in [2.75, 3.05) is 13.1 Å². The quantitative estimate of drug-likeness (QED) is 0.628. The van der Waals surface area contributed by atoms with E-state index >= 15 is 0 Å². The molecule has 1 aromatic carbocycles. The van der Waals surface area contributed by atoms with Crippen LogP contribution in [0.25, 0.3) is 0 Å². The van der Waals surface area contributed by atoms with Gasteiger partial charge in [-0.15, -0.1) is 0 Å². The van der Waals surface area contributed by atoms with Crippen molar-refractivity contribution in [1.82, 2.24) is 10.2 Å². The molecule has 1 saturated heterocycles. The highest BCUT2D eigenvalue weighted by Gasteiger charge is 2.38. The summed E-state index contributed by atoms with van der Waals surface area (Å²) in [5.41, 5.74) is 1.18. The van der Waals surface area contributed by atoms with Gasteiger partial charge in [-0.1, -0.05) is 50.9 Å². The van der Waals surface area contributed by atoms with Gasteiger partial charge >= 0.3 is 6.18 Å². The molecule has 0 bridgehead atoms. The third-order valence-electron chi connectivity index (χ3n) is 5.99. The van der Waals surface area contributed by atoms with E-state index in [-0.39, 0.29) is 11.8 Å². The lowest BCUT2D eigenvalue weighted by atomic mass is 9.88. The molecule has 0 spiro atoms. The first-order valence-corrected chi connectivity index (χ1v) is 10.8. The second-order valence-corrected chi connectivity index (χ2v) is 8.67. The standard InChI is InChI=1S/C22H30ClF3N2O2/c1-4-14(2)20(27-19(29)13-15(3)22(24,25)26)21(30)28-11-9-17(10-12-28)16-5-7-18(23)8-6-16/h5-8,14-15,17,20H,4,9-13H2,1-3H3,(H,27,29)/t14-,15?,20-/m1/s1. The fraction of sp³-hybridized carbons (Fsp3) is 0.636. The zero-order chi connectivity index (χ0) is 22.5. The molecule has 1 aliphatic heterocycles. The van der Waals surface area contributed by atoms with Crippen LogP contribution in [0.2, 0.25) is 5.02 Å². The van der Waals surface area contributed by atoms with E-state index in [0.717, 1.165) is 19.8 Å². The van der Waals surface area contributed by atoms with Crippen LogP contribution in [0, 0.1) is 11.8 Å². The molecule has 0 aliphatic carbocycles. The van der Waals surface area contributed by atoms with Gasteiger partial charge in [-0.2, -0.15) is 13.2 Å². The number of halogens is 4. The second kappa shape index (κ2) is 10.5. The van der Waals surface area contributed by atoms with Crippen LogP contribution in [0.5, 0.6) is 0 Å². The molecule has 0 radical (unpaired) electrons. The molecule has 3 atom stereocenters. The van der Waals surface area contributed by atoms with Crippen LogP contribution < -0.4 is 5.32 Å². The van der Waals surface area contributed by atoms with Gasteiger partial charge in [0.05, 0.1) is 5.92 Å². The molecule has 1 unspecified atom stereocenters. The number of hydrogen-bond acceptors (Lipinski definition) is 2. The van der Waals surface area contributed by atoms with E-state index in [2.05, 4.69) is 5.32 Å². The molecule has 1 aromatic rings. The number of alkyl halides is 3. The van der Waals surface area contributed by atoms with E-state index in [1.54, 1.807) is 4.90 Å². The Morgan fingerprint density at radius 3 is 2.23 bits per heavy atom. The predicted molar refractivity (Wildman–Crippen MR) is 111 cm³/mol. The van der Waals surface area contributed by atoms with Crippen LogP contribution in [0.3, 0.4) is 0 Å². The minimum atomic E-state index is -4.43. The number of carbonyl (C=O) groups is 2. The molecule has 2 amide bonds. The number of carbonyl (C=O) groups excluding carboxylic acids is 2. The summed E-state index contributed by atoms with van der Waals surface area (Å²) >= 11 is 5.94.